The Morgan fingerprint density at radius 2 is 1.97 bits per heavy atom. The van der Waals surface area contributed by atoms with E-state index in [1.54, 1.807) is 0 Å². The summed E-state index contributed by atoms with van der Waals surface area (Å²) in [5, 5.41) is 5.01. The highest BCUT2D eigenvalue weighted by molar-refractivity contribution is 6.01. The molecule has 31 heavy (non-hydrogen) atoms. The summed E-state index contributed by atoms with van der Waals surface area (Å²) in [5.41, 5.74) is 5.04. The molecule has 0 amide bonds. The van der Waals surface area contributed by atoms with E-state index in [9.17, 15) is 4.79 Å². The number of aliphatic imine (C=N–C) groups is 1. The van der Waals surface area contributed by atoms with E-state index in [0.717, 1.165) is 57.9 Å². The molecule has 5 nitrogen and oxygen atoms in total. The molecule has 0 fully saturated rings. The molecule has 3 aromatic rings. The maximum absolute atomic E-state index is 12.1. The summed E-state index contributed by atoms with van der Waals surface area (Å²) < 4.78 is 0. The van der Waals surface area contributed by atoms with Crippen molar-refractivity contribution in [2.45, 2.75) is 26.2 Å². The molecule has 0 bridgehead atoms. The van der Waals surface area contributed by atoms with Crippen LogP contribution < -0.4 is 21.6 Å². The third-order valence-corrected chi connectivity index (χ3v) is 5.36. The summed E-state index contributed by atoms with van der Waals surface area (Å²) in [7, 11) is 1.84. The monoisotopic (exact) mass is 410 g/mol. The fraction of sp³-hybridized carbons (Fsp3) is 0.192. The van der Waals surface area contributed by atoms with Crippen LogP contribution >= 0.6 is 0 Å². The molecule has 4 rings (SSSR count). The second-order valence-electron chi connectivity index (χ2n) is 7.40. The van der Waals surface area contributed by atoms with Crippen molar-refractivity contribution in [3.63, 3.8) is 0 Å². The van der Waals surface area contributed by atoms with Gasteiger partial charge in [-0.2, -0.15) is 4.98 Å². The molecule has 2 aromatic carbocycles. The van der Waals surface area contributed by atoms with Gasteiger partial charge in [0.15, 0.2) is 0 Å². The Hall–Kier alpha value is -3.73. The van der Waals surface area contributed by atoms with E-state index < -0.39 is 0 Å². The van der Waals surface area contributed by atoms with Crippen molar-refractivity contribution in [3.8, 4) is 11.1 Å². The zero-order valence-electron chi connectivity index (χ0n) is 17.9. The summed E-state index contributed by atoms with van der Waals surface area (Å²) in [6, 6.07) is 16.6. The summed E-state index contributed by atoms with van der Waals surface area (Å²) in [5.74, 6) is 0.558. The largest absolute Gasteiger partial charge is 0.347 e. The maximum atomic E-state index is 12.1. The average molecular weight is 411 g/mol. The lowest BCUT2D eigenvalue weighted by Crippen LogP contribution is -2.38. The Kier molecular flexibility index (Phi) is 6.22. The minimum atomic E-state index is -0.354. The minimum Gasteiger partial charge on any atom is -0.339 e. The Morgan fingerprint density at radius 1 is 1.13 bits per heavy atom. The number of benzene rings is 2. The van der Waals surface area contributed by atoms with Crippen molar-refractivity contribution in [1.82, 2.24) is 9.97 Å². The fourth-order valence-corrected chi connectivity index (χ4v) is 3.76. The van der Waals surface area contributed by atoms with Crippen molar-refractivity contribution < 1.29 is 0 Å². The van der Waals surface area contributed by atoms with Crippen LogP contribution in [0.5, 0.6) is 0 Å². The second kappa shape index (κ2) is 9.39. The molecule has 1 aromatic heterocycles. The van der Waals surface area contributed by atoms with Gasteiger partial charge in [-0.15, -0.1) is 0 Å². The molecule has 0 aliphatic heterocycles. The highest BCUT2D eigenvalue weighted by Crippen LogP contribution is 2.24. The van der Waals surface area contributed by atoms with Crippen LogP contribution in [-0.2, 0) is 0 Å². The number of anilines is 2. The van der Waals surface area contributed by atoms with Gasteiger partial charge in [-0.05, 0) is 60.2 Å². The molecular weight excluding hydrogens is 384 g/mol. The molecule has 2 N–H and O–H groups in total. The molecule has 0 unspecified atom stereocenters. The van der Waals surface area contributed by atoms with Crippen LogP contribution in [0.2, 0.25) is 0 Å². The first-order valence-corrected chi connectivity index (χ1v) is 10.6. The SMILES string of the molecule is CCC(=NC)c1cccc(-c2ccc(Nc3nc(=O)[nH]c4c3=CC=CCCC=4)cc2)c1. The zero-order valence-corrected chi connectivity index (χ0v) is 17.9. The van der Waals surface area contributed by atoms with Crippen molar-refractivity contribution in [2.24, 2.45) is 4.99 Å². The lowest BCUT2D eigenvalue weighted by Gasteiger charge is -2.10. The van der Waals surface area contributed by atoms with E-state index in [2.05, 4.69) is 69.7 Å². The van der Waals surface area contributed by atoms with Gasteiger partial charge in [0.25, 0.3) is 0 Å². The van der Waals surface area contributed by atoms with Gasteiger partial charge in [-0.1, -0.05) is 55.5 Å². The molecule has 1 aliphatic rings. The predicted octanol–water partition coefficient (Wildman–Crippen LogP) is 3.92. The Bertz CT molecular complexity index is 1310. The molecule has 0 radical (unpaired) electrons. The van der Waals surface area contributed by atoms with Gasteiger partial charge in [0.05, 0.1) is 0 Å². The predicted molar refractivity (Wildman–Crippen MR) is 129 cm³/mol. The van der Waals surface area contributed by atoms with Gasteiger partial charge in [-0.3, -0.25) is 4.99 Å². The third kappa shape index (κ3) is 4.72. The van der Waals surface area contributed by atoms with Gasteiger partial charge >= 0.3 is 5.69 Å². The molecule has 1 aliphatic carbocycles. The number of allylic oxidation sites excluding steroid dienone is 2. The van der Waals surface area contributed by atoms with Crippen LogP contribution in [0.3, 0.4) is 0 Å². The third-order valence-electron chi connectivity index (χ3n) is 5.36. The van der Waals surface area contributed by atoms with Gasteiger partial charge in [0.1, 0.15) is 5.82 Å². The summed E-state index contributed by atoms with van der Waals surface area (Å²) in [4.78, 5) is 23.4. The van der Waals surface area contributed by atoms with E-state index in [1.807, 2.05) is 37.4 Å². The first-order chi connectivity index (χ1) is 15.2. The van der Waals surface area contributed by atoms with Crippen LogP contribution in [0, 0.1) is 0 Å². The van der Waals surface area contributed by atoms with Crippen molar-refractivity contribution in [3.05, 3.63) is 87.3 Å². The van der Waals surface area contributed by atoms with Crippen LogP contribution in [-0.4, -0.2) is 22.7 Å². The first-order valence-electron chi connectivity index (χ1n) is 10.6. The minimum absolute atomic E-state index is 0.354. The summed E-state index contributed by atoms with van der Waals surface area (Å²) >= 11 is 0. The molecule has 0 saturated heterocycles. The number of rotatable bonds is 5. The molecule has 0 atom stereocenters. The Morgan fingerprint density at radius 3 is 2.74 bits per heavy atom. The van der Waals surface area contributed by atoms with Gasteiger partial charge in [0, 0.05) is 29.0 Å². The van der Waals surface area contributed by atoms with Crippen molar-refractivity contribution in [2.75, 3.05) is 12.4 Å². The second-order valence-corrected chi connectivity index (χ2v) is 7.40. The highest BCUT2D eigenvalue weighted by Gasteiger charge is 2.06. The van der Waals surface area contributed by atoms with Crippen LogP contribution in [0.25, 0.3) is 23.3 Å². The molecule has 0 saturated carbocycles. The number of H-pyrrole nitrogens is 1. The highest BCUT2D eigenvalue weighted by atomic mass is 16.1. The molecule has 5 heteroatoms. The van der Waals surface area contributed by atoms with E-state index >= 15 is 0 Å². The van der Waals surface area contributed by atoms with Gasteiger partial charge in [0.2, 0.25) is 0 Å². The van der Waals surface area contributed by atoms with E-state index in [1.165, 1.54) is 0 Å². The number of aromatic amines is 1. The topological polar surface area (TPSA) is 70.1 Å². The van der Waals surface area contributed by atoms with E-state index in [4.69, 9.17) is 0 Å². The number of nitrogens with zero attached hydrogens (tertiary/aromatic N) is 2. The van der Waals surface area contributed by atoms with Crippen LogP contribution in [0.1, 0.15) is 31.7 Å². The number of hydrogen-bond donors (Lipinski definition) is 2. The lowest BCUT2D eigenvalue weighted by atomic mass is 10.00. The molecule has 156 valence electrons. The van der Waals surface area contributed by atoms with Gasteiger partial charge < -0.3 is 10.3 Å². The Balaban J connectivity index is 1.65. The summed E-state index contributed by atoms with van der Waals surface area (Å²) in [6.45, 7) is 2.12. The van der Waals surface area contributed by atoms with E-state index in [0.29, 0.717) is 5.82 Å². The number of hydrogen-bond acceptors (Lipinski definition) is 4. The lowest BCUT2D eigenvalue weighted by molar-refractivity contribution is 1.00. The van der Waals surface area contributed by atoms with Gasteiger partial charge in [-0.25, -0.2) is 4.79 Å². The first kappa shape index (κ1) is 20.5. The standard InChI is InChI=1S/C26H26N4O/c1-3-23(27-2)20-10-8-9-19(17-20)18-13-15-21(16-14-18)28-25-22-11-6-4-5-7-12-24(22)29-26(31)30-25/h4,6,8-17H,3,5,7H2,1-2H3,(H2,28,29,30,31). The van der Waals surface area contributed by atoms with Crippen molar-refractivity contribution >= 4 is 29.4 Å². The van der Waals surface area contributed by atoms with E-state index in [-0.39, 0.29) is 5.69 Å². The number of fused-ring (bicyclic) bond motifs is 1. The van der Waals surface area contributed by atoms with Crippen LogP contribution in [0.15, 0.2) is 70.5 Å². The molecule has 0 spiro atoms. The normalized spacial score (nSPS) is 13.4. The number of nitrogens with one attached hydrogen (secondary N) is 2. The Labute approximate surface area is 181 Å². The number of aromatic nitrogens is 2. The molecule has 1 heterocycles. The zero-order chi connectivity index (χ0) is 21.6. The average Bonchev–Trinajstić information content (AvgIpc) is 2.76. The quantitative estimate of drug-likeness (QED) is 0.627. The maximum Gasteiger partial charge on any atom is 0.347 e. The smallest absolute Gasteiger partial charge is 0.339 e. The molecular formula is C26H26N4O. The fourth-order valence-electron chi connectivity index (χ4n) is 3.76. The van der Waals surface area contributed by atoms with Crippen LogP contribution in [0.4, 0.5) is 11.5 Å². The van der Waals surface area contributed by atoms with Crippen molar-refractivity contribution in [1.29, 1.82) is 0 Å². The summed E-state index contributed by atoms with van der Waals surface area (Å²) in [6.07, 6.45) is 10.9.